The number of rotatable bonds is 4. The van der Waals surface area contributed by atoms with E-state index in [1.165, 1.54) is 4.90 Å². The van der Waals surface area contributed by atoms with E-state index in [2.05, 4.69) is 33.9 Å². The lowest BCUT2D eigenvalue weighted by Gasteiger charge is -2.47. The van der Waals surface area contributed by atoms with Crippen LogP contribution < -0.4 is 0 Å². The molecule has 1 amide bonds. The van der Waals surface area contributed by atoms with E-state index in [9.17, 15) is 14.1 Å². The number of amides is 1. The fourth-order valence-corrected chi connectivity index (χ4v) is 7.20. The first-order chi connectivity index (χ1) is 12.3. The van der Waals surface area contributed by atoms with Gasteiger partial charge in [-0.25, -0.2) is 4.79 Å². The molecule has 0 N–H and O–H groups in total. The van der Waals surface area contributed by atoms with Crippen molar-refractivity contribution in [3.63, 3.8) is 0 Å². The van der Waals surface area contributed by atoms with Crippen LogP contribution in [-0.2, 0) is 29.9 Å². The Morgan fingerprint density at radius 2 is 1.71 bits per heavy atom. The number of nitrogens with zero attached hydrogens (tertiary/aromatic N) is 1. The Labute approximate surface area is 174 Å². The molecular weight excluding hydrogens is 394 g/mol. The summed E-state index contributed by atoms with van der Waals surface area (Å²) < 4.78 is 24.3. The second-order valence-electron chi connectivity index (χ2n) is 11.1. The van der Waals surface area contributed by atoms with Crippen molar-refractivity contribution in [3.8, 4) is 0 Å². The van der Waals surface area contributed by atoms with E-state index in [1.807, 2.05) is 6.92 Å². The Hall–Kier alpha value is -0.573. The molecule has 2 saturated heterocycles. The molecule has 162 valence electrons. The molecule has 2 fully saturated rings. The molecule has 2 heterocycles. The molecule has 0 aromatic heterocycles. The number of ether oxygens (including phenoxy) is 1. The highest BCUT2D eigenvalue weighted by molar-refractivity contribution is 7.93. The average molecular weight is 432 g/mol. The van der Waals surface area contributed by atoms with Crippen molar-refractivity contribution in [2.45, 2.75) is 108 Å². The molecule has 28 heavy (non-hydrogen) atoms. The normalized spacial score (nSPS) is 31.3. The van der Waals surface area contributed by atoms with Crippen LogP contribution in [0.25, 0.3) is 0 Å². The lowest BCUT2D eigenvalue weighted by atomic mass is 9.88. The van der Waals surface area contributed by atoms with Crippen LogP contribution in [0.4, 0.5) is 0 Å². The van der Waals surface area contributed by atoms with Gasteiger partial charge in [0.15, 0.2) is 19.1 Å². The number of carbonyl (C=O) groups excluding carboxylic acids is 2. The predicted molar refractivity (Wildman–Crippen MR) is 114 cm³/mol. The number of hydrogen-bond donors (Lipinski definition) is 0. The smallest absolute Gasteiger partial charge is 0.335 e. The van der Waals surface area contributed by atoms with Crippen LogP contribution >= 0.6 is 0 Å². The van der Waals surface area contributed by atoms with Gasteiger partial charge in [-0.1, -0.05) is 20.8 Å². The maximum Gasteiger partial charge on any atom is 0.335 e. The third-order valence-electron chi connectivity index (χ3n) is 6.22. The van der Waals surface area contributed by atoms with Crippen LogP contribution in [-0.4, -0.2) is 57.5 Å². The zero-order chi connectivity index (χ0) is 22.0. The Bertz CT molecular complexity index is 652. The molecule has 2 aliphatic heterocycles. The number of carbonyl (C=O) groups is 2. The standard InChI is InChI=1S/C20H37NO5SSi/c1-12(26-28(10,11)19(5,6)7)13-15(22)21-14(17(23)25-18(2,3)4)20(8,9)27(24)16(13)21/h12-14,16H,1-11H3/t12-,13-,14+,16-,27?/m1/s1. The third-order valence-corrected chi connectivity index (χ3v) is 13.0. The van der Waals surface area contributed by atoms with Crippen LogP contribution in [0.3, 0.4) is 0 Å². The van der Waals surface area contributed by atoms with Crippen molar-refractivity contribution in [2.24, 2.45) is 5.92 Å². The molecule has 1 unspecified atom stereocenters. The summed E-state index contributed by atoms with van der Waals surface area (Å²) in [5, 5.41) is -0.485. The van der Waals surface area contributed by atoms with Crippen LogP contribution in [0.5, 0.6) is 0 Å². The quantitative estimate of drug-likeness (QED) is 0.295. The maximum atomic E-state index is 13.3. The highest BCUT2D eigenvalue weighted by Crippen LogP contribution is 2.51. The Morgan fingerprint density at radius 1 is 1.21 bits per heavy atom. The molecule has 0 radical (unpaired) electrons. The summed E-state index contributed by atoms with van der Waals surface area (Å²) in [4.78, 5) is 27.4. The van der Waals surface area contributed by atoms with Crippen molar-refractivity contribution in [3.05, 3.63) is 0 Å². The molecule has 2 aliphatic rings. The van der Waals surface area contributed by atoms with Gasteiger partial charge in [0.25, 0.3) is 0 Å². The van der Waals surface area contributed by atoms with Crippen molar-refractivity contribution in [2.75, 3.05) is 0 Å². The second-order valence-corrected chi connectivity index (χ2v) is 18.0. The Balaban J connectivity index is 2.26. The summed E-state index contributed by atoms with van der Waals surface area (Å²) in [6.07, 6.45) is -0.341. The van der Waals surface area contributed by atoms with Gasteiger partial charge in [-0.2, -0.15) is 0 Å². The van der Waals surface area contributed by atoms with E-state index in [1.54, 1.807) is 34.6 Å². The van der Waals surface area contributed by atoms with Gasteiger partial charge in [-0.05, 0) is 70.9 Å². The van der Waals surface area contributed by atoms with Crippen molar-refractivity contribution < 1.29 is 23.3 Å². The summed E-state index contributed by atoms with van der Waals surface area (Å²) in [6, 6.07) is -0.832. The fourth-order valence-electron chi connectivity index (χ4n) is 3.68. The lowest BCUT2D eigenvalue weighted by Crippen LogP contribution is -2.67. The fraction of sp³-hybridized carbons (Fsp3) is 0.900. The monoisotopic (exact) mass is 431 g/mol. The molecule has 0 aromatic carbocycles. The summed E-state index contributed by atoms with van der Waals surface area (Å²) in [7, 11) is -2.08. The zero-order valence-corrected chi connectivity index (χ0v) is 21.0. The van der Waals surface area contributed by atoms with Gasteiger partial charge in [-0.3, -0.25) is 9.69 Å². The topological polar surface area (TPSA) is 78.9 Å². The van der Waals surface area contributed by atoms with E-state index in [0.717, 1.165) is 0 Å². The lowest BCUT2D eigenvalue weighted by molar-refractivity contribution is -0.176. The van der Waals surface area contributed by atoms with Gasteiger partial charge in [-0.15, -0.1) is 0 Å². The van der Waals surface area contributed by atoms with E-state index in [4.69, 9.17) is 9.16 Å². The molecule has 5 atom stereocenters. The van der Waals surface area contributed by atoms with Crippen molar-refractivity contribution in [1.29, 1.82) is 0 Å². The maximum absolute atomic E-state index is 13.3. The highest BCUT2D eigenvalue weighted by atomic mass is 32.2. The first-order valence-corrected chi connectivity index (χ1v) is 14.1. The van der Waals surface area contributed by atoms with Gasteiger partial charge in [0.1, 0.15) is 11.5 Å². The van der Waals surface area contributed by atoms with Crippen molar-refractivity contribution >= 4 is 31.4 Å². The molecule has 6 nitrogen and oxygen atoms in total. The largest absolute Gasteiger partial charge is 0.614 e. The van der Waals surface area contributed by atoms with Crippen LogP contribution in [0.15, 0.2) is 0 Å². The van der Waals surface area contributed by atoms with E-state index in [0.29, 0.717) is 0 Å². The Morgan fingerprint density at radius 3 is 2.14 bits per heavy atom. The molecule has 0 aromatic rings. The third kappa shape index (κ3) is 3.89. The van der Waals surface area contributed by atoms with Gasteiger partial charge >= 0.3 is 5.97 Å². The minimum Gasteiger partial charge on any atom is -0.614 e. The van der Waals surface area contributed by atoms with Gasteiger partial charge in [0, 0.05) is 0 Å². The molecule has 0 bridgehead atoms. The average Bonchev–Trinajstić information content (AvgIpc) is 2.61. The molecule has 8 heteroatoms. The minimum atomic E-state index is -2.08. The summed E-state index contributed by atoms with van der Waals surface area (Å²) >= 11 is -1.38. The number of esters is 1. The van der Waals surface area contributed by atoms with Gasteiger partial charge in [0.2, 0.25) is 11.3 Å². The Kier molecular flexibility index (Phi) is 5.92. The van der Waals surface area contributed by atoms with Crippen molar-refractivity contribution in [1.82, 2.24) is 4.90 Å². The minimum absolute atomic E-state index is 0.0148. The molecule has 0 aliphatic carbocycles. The van der Waals surface area contributed by atoms with Crippen LogP contribution in [0.2, 0.25) is 18.1 Å². The second kappa shape index (κ2) is 6.99. The number of hydrogen-bond acceptors (Lipinski definition) is 5. The zero-order valence-electron chi connectivity index (χ0n) is 19.2. The van der Waals surface area contributed by atoms with Gasteiger partial charge < -0.3 is 13.7 Å². The molecule has 2 rings (SSSR count). The van der Waals surface area contributed by atoms with E-state index >= 15 is 0 Å². The van der Waals surface area contributed by atoms with Gasteiger partial charge in [0.05, 0.1) is 6.10 Å². The highest BCUT2D eigenvalue weighted by Gasteiger charge is 2.73. The van der Waals surface area contributed by atoms with E-state index < -0.39 is 53.1 Å². The summed E-state index contributed by atoms with van der Waals surface area (Å²) in [5.74, 6) is -1.13. The van der Waals surface area contributed by atoms with E-state index in [-0.39, 0.29) is 17.0 Å². The molecular formula is C20H37NO5SSi. The summed E-state index contributed by atoms with van der Waals surface area (Å²) in [5.41, 5.74) is -0.668. The van der Waals surface area contributed by atoms with Crippen LogP contribution in [0.1, 0.15) is 62.3 Å². The first-order valence-electron chi connectivity index (χ1n) is 9.96. The SMILES string of the molecule is C[C@@H](O[Si](C)(C)C(C)(C)C)[C@@H]1C(=O)N2[C@@H]1[S+]([O-])C(C)(C)[C@@H]2C(=O)OC(C)(C)C. The number of β-lactam (4-membered cyclic amide) rings is 1. The predicted octanol–water partition coefficient (Wildman–Crippen LogP) is 3.43. The molecule has 0 saturated carbocycles. The van der Waals surface area contributed by atoms with Crippen LogP contribution in [0, 0.1) is 5.92 Å². The first kappa shape index (κ1) is 23.7. The summed E-state index contributed by atoms with van der Waals surface area (Å²) in [6.45, 7) is 21.5. The number of fused-ring (bicyclic) bond motifs is 1. The molecule has 0 spiro atoms.